The number of hydrogen-bond donors (Lipinski definition) is 1. The summed E-state index contributed by atoms with van der Waals surface area (Å²) in [5.41, 5.74) is 0.704. The first-order valence-electron chi connectivity index (χ1n) is 7.84. The molecule has 2 aromatic rings. The van der Waals surface area contributed by atoms with Crippen LogP contribution in [-0.4, -0.2) is 69.3 Å². The maximum absolute atomic E-state index is 14.1. The second-order valence-corrected chi connectivity index (χ2v) is 5.88. The molecular formula is C15H20FN7O. The number of urea groups is 1. The van der Waals surface area contributed by atoms with Gasteiger partial charge in [0, 0.05) is 25.3 Å². The van der Waals surface area contributed by atoms with Gasteiger partial charge in [0.15, 0.2) is 5.82 Å². The van der Waals surface area contributed by atoms with E-state index in [1.807, 2.05) is 7.05 Å². The van der Waals surface area contributed by atoms with E-state index in [9.17, 15) is 9.18 Å². The van der Waals surface area contributed by atoms with Crippen molar-refractivity contribution >= 4 is 11.7 Å². The van der Waals surface area contributed by atoms with Crippen LogP contribution in [0.3, 0.4) is 0 Å². The number of nitrogens with zero attached hydrogens (tertiary/aromatic N) is 6. The molecule has 0 aliphatic carbocycles. The molecule has 9 heteroatoms. The van der Waals surface area contributed by atoms with Crippen molar-refractivity contribution in [2.24, 2.45) is 0 Å². The van der Waals surface area contributed by atoms with Crippen molar-refractivity contribution in [1.82, 2.24) is 30.0 Å². The average molecular weight is 333 g/mol. The van der Waals surface area contributed by atoms with Gasteiger partial charge in [0.1, 0.15) is 11.5 Å². The summed E-state index contributed by atoms with van der Waals surface area (Å²) in [6.07, 6.45) is 0.933. The summed E-state index contributed by atoms with van der Waals surface area (Å²) in [5, 5.41) is 13.9. The summed E-state index contributed by atoms with van der Waals surface area (Å²) in [5.74, 6) is 0.00716. The lowest BCUT2D eigenvalue weighted by molar-refractivity contribution is 0.213. The second kappa shape index (κ2) is 6.91. The number of amides is 2. The molecule has 1 fully saturated rings. The Balaban J connectivity index is 1.76. The van der Waals surface area contributed by atoms with Gasteiger partial charge >= 0.3 is 6.03 Å². The predicted molar refractivity (Wildman–Crippen MR) is 86.6 cm³/mol. The number of carbonyl (C=O) groups is 1. The number of likely N-dealkylation sites (N-methyl/N-ethyl adjacent to an activating group) is 1. The number of halogens is 1. The summed E-state index contributed by atoms with van der Waals surface area (Å²) < 4.78 is 15.4. The minimum Gasteiger partial charge on any atom is -0.323 e. The van der Waals surface area contributed by atoms with Crippen LogP contribution in [0.15, 0.2) is 18.2 Å². The Labute approximate surface area is 139 Å². The molecule has 8 nitrogen and oxygen atoms in total. The second-order valence-electron chi connectivity index (χ2n) is 5.88. The fourth-order valence-corrected chi connectivity index (χ4v) is 2.66. The highest BCUT2D eigenvalue weighted by Gasteiger charge is 2.18. The lowest BCUT2D eigenvalue weighted by atomic mass is 10.2. The Morgan fingerprint density at radius 1 is 1.25 bits per heavy atom. The van der Waals surface area contributed by atoms with Crippen LogP contribution in [0.4, 0.5) is 14.9 Å². The number of carbonyl (C=O) groups excluding carboxylic acids is 1. The highest BCUT2D eigenvalue weighted by Crippen LogP contribution is 2.19. The van der Waals surface area contributed by atoms with Crippen LogP contribution in [0.25, 0.3) is 5.69 Å². The number of anilines is 1. The Morgan fingerprint density at radius 3 is 2.83 bits per heavy atom. The summed E-state index contributed by atoms with van der Waals surface area (Å²) >= 11 is 0. The van der Waals surface area contributed by atoms with Crippen molar-refractivity contribution < 1.29 is 9.18 Å². The third kappa shape index (κ3) is 3.51. The van der Waals surface area contributed by atoms with Gasteiger partial charge in [-0.2, -0.15) is 4.68 Å². The van der Waals surface area contributed by atoms with Crippen molar-refractivity contribution in [2.75, 3.05) is 38.5 Å². The standard InChI is InChI=1S/C15H20FN7O/c1-11-18-19-20-23(11)14-10-12(4-5-13(14)16)17-15(24)22-7-3-6-21(2)8-9-22/h4-5,10H,3,6-9H2,1-2H3,(H,17,24). The van der Waals surface area contributed by atoms with E-state index in [1.54, 1.807) is 11.8 Å². The number of hydrogen-bond acceptors (Lipinski definition) is 5. The van der Waals surface area contributed by atoms with Gasteiger partial charge in [-0.25, -0.2) is 9.18 Å². The molecule has 1 saturated heterocycles. The summed E-state index contributed by atoms with van der Waals surface area (Å²) in [6.45, 7) is 4.87. The molecule has 1 aromatic heterocycles. The van der Waals surface area contributed by atoms with Gasteiger partial charge in [-0.1, -0.05) is 0 Å². The molecular weight excluding hydrogens is 313 g/mol. The quantitative estimate of drug-likeness (QED) is 0.896. The fourth-order valence-electron chi connectivity index (χ4n) is 2.66. The minimum absolute atomic E-state index is 0.184. The van der Waals surface area contributed by atoms with Crippen molar-refractivity contribution in [1.29, 1.82) is 0 Å². The smallest absolute Gasteiger partial charge is 0.321 e. The number of tetrazole rings is 1. The third-order valence-electron chi connectivity index (χ3n) is 4.06. The van der Waals surface area contributed by atoms with Crippen molar-refractivity contribution in [3.05, 3.63) is 29.8 Å². The molecule has 0 bridgehead atoms. The fraction of sp³-hybridized carbons (Fsp3) is 0.467. The number of nitrogens with one attached hydrogen (secondary N) is 1. The zero-order valence-electron chi connectivity index (χ0n) is 13.7. The Morgan fingerprint density at radius 2 is 2.08 bits per heavy atom. The molecule has 0 saturated carbocycles. The van der Waals surface area contributed by atoms with Crippen molar-refractivity contribution in [3.8, 4) is 5.69 Å². The van der Waals surface area contributed by atoms with Crippen molar-refractivity contribution in [2.45, 2.75) is 13.3 Å². The molecule has 2 heterocycles. The van der Waals surface area contributed by atoms with Gasteiger partial charge in [0.25, 0.3) is 0 Å². The van der Waals surface area contributed by atoms with E-state index in [-0.39, 0.29) is 11.7 Å². The van der Waals surface area contributed by atoms with Gasteiger partial charge in [-0.15, -0.1) is 5.10 Å². The van der Waals surface area contributed by atoms with E-state index in [1.165, 1.54) is 22.9 Å². The number of aryl methyl sites for hydroxylation is 1. The Hall–Kier alpha value is -2.55. The highest BCUT2D eigenvalue weighted by molar-refractivity contribution is 5.89. The maximum Gasteiger partial charge on any atom is 0.321 e. The zero-order chi connectivity index (χ0) is 17.1. The first-order valence-corrected chi connectivity index (χ1v) is 7.84. The van der Waals surface area contributed by atoms with Crippen LogP contribution >= 0.6 is 0 Å². The number of rotatable bonds is 2. The van der Waals surface area contributed by atoms with Crippen LogP contribution in [0.2, 0.25) is 0 Å². The molecule has 1 aliphatic rings. The molecule has 24 heavy (non-hydrogen) atoms. The topological polar surface area (TPSA) is 79.2 Å². The minimum atomic E-state index is -0.459. The molecule has 0 atom stereocenters. The summed E-state index contributed by atoms with van der Waals surface area (Å²) in [6, 6.07) is 4.17. The molecule has 0 radical (unpaired) electrons. The van der Waals surface area contributed by atoms with Crippen LogP contribution in [-0.2, 0) is 0 Å². The van der Waals surface area contributed by atoms with Crippen LogP contribution in [0.5, 0.6) is 0 Å². The van der Waals surface area contributed by atoms with Crippen LogP contribution < -0.4 is 5.32 Å². The van der Waals surface area contributed by atoms with E-state index in [4.69, 9.17) is 0 Å². The lowest BCUT2D eigenvalue weighted by Crippen LogP contribution is -2.37. The van der Waals surface area contributed by atoms with Crippen LogP contribution in [0.1, 0.15) is 12.2 Å². The van der Waals surface area contributed by atoms with E-state index >= 15 is 0 Å². The molecule has 3 rings (SSSR count). The largest absolute Gasteiger partial charge is 0.323 e. The first kappa shape index (κ1) is 16.3. The molecule has 0 spiro atoms. The van der Waals surface area contributed by atoms with Gasteiger partial charge in [-0.3, -0.25) is 0 Å². The van der Waals surface area contributed by atoms with Gasteiger partial charge in [0.2, 0.25) is 0 Å². The molecule has 1 N–H and O–H groups in total. The van der Waals surface area contributed by atoms with E-state index in [0.29, 0.717) is 24.6 Å². The van der Waals surface area contributed by atoms with Crippen molar-refractivity contribution in [3.63, 3.8) is 0 Å². The molecule has 1 aliphatic heterocycles. The zero-order valence-corrected chi connectivity index (χ0v) is 13.7. The summed E-state index contributed by atoms with van der Waals surface area (Å²) in [4.78, 5) is 16.4. The number of benzene rings is 1. The SMILES string of the molecule is Cc1nnnn1-c1cc(NC(=O)N2CCCN(C)CC2)ccc1F. The third-order valence-corrected chi connectivity index (χ3v) is 4.06. The lowest BCUT2D eigenvalue weighted by Gasteiger charge is -2.21. The summed E-state index contributed by atoms with van der Waals surface area (Å²) in [7, 11) is 2.04. The predicted octanol–water partition coefficient (Wildman–Crippen LogP) is 1.28. The monoisotopic (exact) mass is 333 g/mol. The van der Waals surface area contributed by atoms with Gasteiger partial charge < -0.3 is 15.1 Å². The maximum atomic E-state index is 14.1. The molecule has 0 unspecified atom stereocenters. The molecule has 128 valence electrons. The van der Waals surface area contributed by atoms with Crippen LogP contribution in [0, 0.1) is 12.7 Å². The van der Waals surface area contributed by atoms with Gasteiger partial charge in [-0.05, 0) is 55.6 Å². The van der Waals surface area contributed by atoms with E-state index in [0.717, 1.165) is 19.5 Å². The molecule has 2 amide bonds. The Kier molecular flexibility index (Phi) is 4.70. The van der Waals surface area contributed by atoms with Gasteiger partial charge in [0.05, 0.1) is 0 Å². The Bertz CT molecular complexity index is 732. The first-order chi connectivity index (χ1) is 11.5. The van der Waals surface area contributed by atoms with E-state index in [2.05, 4.69) is 25.7 Å². The highest BCUT2D eigenvalue weighted by atomic mass is 19.1. The molecule has 1 aromatic carbocycles. The normalized spacial score (nSPS) is 16.0. The van der Waals surface area contributed by atoms with E-state index < -0.39 is 5.82 Å². The average Bonchev–Trinajstić information content (AvgIpc) is 2.85. The number of aromatic nitrogens is 4.